The number of hydrogen-bond acceptors (Lipinski definition) is 5. The van der Waals surface area contributed by atoms with Crippen molar-refractivity contribution in [2.75, 3.05) is 20.7 Å². The van der Waals surface area contributed by atoms with Gasteiger partial charge in [-0.05, 0) is 18.2 Å². The molecule has 0 saturated heterocycles. The van der Waals surface area contributed by atoms with Crippen LogP contribution in [0, 0.1) is 11.8 Å². The Kier molecular flexibility index (Phi) is 3.48. The lowest BCUT2D eigenvalue weighted by molar-refractivity contribution is -0.146. The third kappa shape index (κ3) is 2.89. The van der Waals surface area contributed by atoms with E-state index in [1.807, 2.05) is 0 Å². The molecule has 0 atom stereocenters. The van der Waals surface area contributed by atoms with Crippen molar-refractivity contribution in [3.05, 3.63) is 23.8 Å². The molecule has 0 aromatic heterocycles. The van der Waals surface area contributed by atoms with Gasteiger partial charge in [-0.3, -0.25) is 0 Å². The summed E-state index contributed by atoms with van der Waals surface area (Å²) in [7, 11) is 1.43. The first kappa shape index (κ1) is 11.3. The smallest absolute Gasteiger partial charge is 0.386 e. The van der Waals surface area contributed by atoms with E-state index in [2.05, 4.69) is 21.3 Å². The normalized spacial score (nSPS) is 11.6. The van der Waals surface area contributed by atoms with E-state index in [9.17, 15) is 4.79 Å². The zero-order chi connectivity index (χ0) is 12.1. The predicted octanol–water partition coefficient (Wildman–Crippen LogP) is 0.914. The van der Waals surface area contributed by atoms with Crippen LogP contribution in [0.4, 0.5) is 0 Å². The van der Waals surface area contributed by atoms with E-state index < -0.39 is 5.97 Å². The zero-order valence-corrected chi connectivity index (χ0v) is 9.19. The number of ether oxygens (including phenoxy) is 4. The summed E-state index contributed by atoms with van der Waals surface area (Å²) in [5.41, 5.74) is 0.656. The van der Waals surface area contributed by atoms with Gasteiger partial charge in [0.05, 0.1) is 0 Å². The number of carbonyl (C=O) groups excluding carboxylic acids is 1. The Morgan fingerprint density at radius 3 is 3.06 bits per heavy atom. The third-order valence-electron chi connectivity index (χ3n) is 1.99. The van der Waals surface area contributed by atoms with Gasteiger partial charge in [0.25, 0.3) is 0 Å². The molecule has 5 nitrogen and oxygen atoms in total. The van der Waals surface area contributed by atoms with E-state index in [4.69, 9.17) is 9.47 Å². The van der Waals surface area contributed by atoms with Gasteiger partial charge in [-0.15, -0.1) is 0 Å². The number of hydrogen-bond donors (Lipinski definition) is 0. The SMILES string of the molecule is COCOC(=O)C#Cc1ccc2c(c1)OCO2. The van der Waals surface area contributed by atoms with Crippen LogP contribution in [0.3, 0.4) is 0 Å². The molecule has 0 fully saturated rings. The first-order valence-corrected chi connectivity index (χ1v) is 4.87. The maximum Gasteiger partial charge on any atom is 0.386 e. The number of fused-ring (bicyclic) bond motifs is 1. The Hall–Kier alpha value is -2.19. The highest BCUT2D eigenvalue weighted by molar-refractivity contribution is 5.89. The Morgan fingerprint density at radius 2 is 2.24 bits per heavy atom. The Morgan fingerprint density at radius 1 is 1.41 bits per heavy atom. The zero-order valence-electron chi connectivity index (χ0n) is 9.19. The summed E-state index contributed by atoms with van der Waals surface area (Å²) >= 11 is 0. The molecule has 1 aromatic carbocycles. The van der Waals surface area contributed by atoms with Crippen molar-refractivity contribution in [3.63, 3.8) is 0 Å². The van der Waals surface area contributed by atoms with Crippen LogP contribution in [0.15, 0.2) is 18.2 Å². The van der Waals surface area contributed by atoms with Crippen LogP contribution in [-0.2, 0) is 14.3 Å². The van der Waals surface area contributed by atoms with Gasteiger partial charge in [-0.25, -0.2) is 4.79 Å². The molecular formula is C12H10O5. The van der Waals surface area contributed by atoms with Crippen molar-refractivity contribution in [2.45, 2.75) is 0 Å². The fourth-order valence-electron chi connectivity index (χ4n) is 1.25. The second-order valence-electron chi connectivity index (χ2n) is 3.16. The van der Waals surface area contributed by atoms with Gasteiger partial charge < -0.3 is 18.9 Å². The van der Waals surface area contributed by atoms with Gasteiger partial charge in [0.2, 0.25) is 6.79 Å². The molecule has 0 N–H and O–H groups in total. The molecule has 0 radical (unpaired) electrons. The minimum Gasteiger partial charge on any atom is -0.454 e. The summed E-state index contributed by atoms with van der Waals surface area (Å²) in [6.07, 6.45) is 0. The number of rotatable bonds is 2. The average Bonchev–Trinajstić information content (AvgIpc) is 2.81. The number of benzene rings is 1. The largest absolute Gasteiger partial charge is 0.454 e. The molecule has 5 heteroatoms. The van der Waals surface area contributed by atoms with Crippen molar-refractivity contribution in [1.29, 1.82) is 0 Å². The molecule has 17 heavy (non-hydrogen) atoms. The van der Waals surface area contributed by atoms with Gasteiger partial charge >= 0.3 is 5.97 Å². The standard InChI is InChI=1S/C12H10O5/c1-14-7-17-12(13)5-3-9-2-4-10-11(6-9)16-8-15-10/h2,4,6H,7-8H2,1H3. The van der Waals surface area contributed by atoms with Gasteiger partial charge in [-0.2, -0.15) is 0 Å². The van der Waals surface area contributed by atoms with E-state index in [1.165, 1.54) is 7.11 Å². The number of esters is 1. The molecule has 0 saturated carbocycles. The first-order chi connectivity index (χ1) is 8.29. The average molecular weight is 234 g/mol. The van der Waals surface area contributed by atoms with Crippen LogP contribution in [0.1, 0.15) is 5.56 Å². The fraction of sp³-hybridized carbons (Fsp3) is 0.250. The van der Waals surface area contributed by atoms with Crippen LogP contribution >= 0.6 is 0 Å². The van der Waals surface area contributed by atoms with Gasteiger partial charge in [-0.1, -0.05) is 5.92 Å². The van der Waals surface area contributed by atoms with Crippen molar-refractivity contribution in [3.8, 4) is 23.3 Å². The summed E-state index contributed by atoms with van der Waals surface area (Å²) in [4.78, 5) is 11.1. The summed E-state index contributed by atoms with van der Waals surface area (Å²) in [5.74, 6) is 5.68. The molecule has 1 aliphatic rings. The van der Waals surface area contributed by atoms with Crippen LogP contribution in [-0.4, -0.2) is 26.7 Å². The molecular weight excluding hydrogens is 224 g/mol. The summed E-state index contributed by atoms with van der Waals surface area (Å²) < 4.78 is 19.5. The lowest BCUT2D eigenvalue weighted by Crippen LogP contribution is -2.03. The van der Waals surface area contributed by atoms with E-state index >= 15 is 0 Å². The molecule has 1 aromatic rings. The third-order valence-corrected chi connectivity index (χ3v) is 1.99. The molecule has 1 heterocycles. The molecule has 0 amide bonds. The predicted molar refractivity (Wildman–Crippen MR) is 57.4 cm³/mol. The number of carbonyl (C=O) groups is 1. The molecule has 2 rings (SSSR count). The van der Waals surface area contributed by atoms with Crippen LogP contribution in [0.25, 0.3) is 0 Å². The van der Waals surface area contributed by atoms with Gasteiger partial charge in [0.1, 0.15) is 0 Å². The quantitative estimate of drug-likeness (QED) is 0.432. The summed E-state index contributed by atoms with van der Waals surface area (Å²) in [6, 6.07) is 5.19. The van der Waals surface area contributed by atoms with Crippen LogP contribution < -0.4 is 9.47 Å². The first-order valence-electron chi connectivity index (χ1n) is 4.87. The van der Waals surface area contributed by atoms with Crippen molar-refractivity contribution < 1.29 is 23.7 Å². The highest BCUT2D eigenvalue weighted by atomic mass is 16.7. The molecule has 0 unspecified atom stereocenters. The van der Waals surface area contributed by atoms with E-state index in [0.717, 1.165) is 0 Å². The lowest BCUT2D eigenvalue weighted by atomic mass is 10.2. The van der Waals surface area contributed by atoms with E-state index in [1.54, 1.807) is 18.2 Å². The van der Waals surface area contributed by atoms with Gasteiger partial charge in [0, 0.05) is 18.6 Å². The van der Waals surface area contributed by atoms with Crippen LogP contribution in [0.5, 0.6) is 11.5 Å². The maximum absolute atomic E-state index is 11.1. The summed E-state index contributed by atoms with van der Waals surface area (Å²) in [5, 5.41) is 0. The second-order valence-corrected chi connectivity index (χ2v) is 3.16. The minimum absolute atomic E-state index is 0.103. The maximum atomic E-state index is 11.1. The second kappa shape index (κ2) is 5.23. The Bertz CT molecular complexity index is 483. The van der Waals surface area contributed by atoms with Gasteiger partial charge in [0.15, 0.2) is 18.3 Å². The van der Waals surface area contributed by atoms with Crippen molar-refractivity contribution in [1.82, 2.24) is 0 Å². The number of methoxy groups -OCH3 is 1. The van der Waals surface area contributed by atoms with Crippen molar-refractivity contribution in [2.24, 2.45) is 0 Å². The summed E-state index contributed by atoms with van der Waals surface area (Å²) in [6.45, 7) is 0.108. The Balaban J connectivity index is 2.04. The van der Waals surface area contributed by atoms with E-state index in [-0.39, 0.29) is 13.6 Å². The van der Waals surface area contributed by atoms with E-state index in [0.29, 0.717) is 17.1 Å². The highest BCUT2D eigenvalue weighted by Crippen LogP contribution is 2.32. The van der Waals surface area contributed by atoms with Crippen molar-refractivity contribution >= 4 is 5.97 Å². The monoisotopic (exact) mass is 234 g/mol. The minimum atomic E-state index is -0.635. The Labute approximate surface area is 98.2 Å². The topological polar surface area (TPSA) is 54.0 Å². The molecule has 1 aliphatic heterocycles. The van der Waals surface area contributed by atoms with Crippen LogP contribution in [0.2, 0.25) is 0 Å². The molecule has 0 aliphatic carbocycles. The molecule has 0 bridgehead atoms. The molecule has 0 spiro atoms. The fourth-order valence-corrected chi connectivity index (χ4v) is 1.25. The highest BCUT2D eigenvalue weighted by Gasteiger charge is 2.12. The molecule has 88 valence electrons. The lowest BCUT2D eigenvalue weighted by Gasteiger charge is -1.96.